The second-order valence-electron chi connectivity index (χ2n) is 4.00. The molecule has 2 rings (SSSR count). The monoisotopic (exact) mass is 276 g/mol. The van der Waals surface area contributed by atoms with Gasteiger partial charge in [0.2, 0.25) is 9.84 Å². The number of hydrogen-bond acceptors (Lipinski definition) is 5. The lowest BCUT2D eigenvalue weighted by Gasteiger charge is -2.08. The third kappa shape index (κ3) is 2.68. The van der Waals surface area contributed by atoms with E-state index in [0.29, 0.717) is 5.69 Å². The molecular formula is C13H12N2O3S. The van der Waals surface area contributed by atoms with Gasteiger partial charge in [-0.2, -0.15) is 4.91 Å². The molecule has 0 saturated heterocycles. The predicted octanol–water partition coefficient (Wildman–Crippen LogP) is 2.49. The molecule has 1 aromatic heterocycles. The molecule has 6 heteroatoms. The molecule has 1 aromatic carbocycles. The molecule has 0 aliphatic rings. The van der Waals surface area contributed by atoms with Gasteiger partial charge in [0.1, 0.15) is 6.54 Å². The normalized spacial score (nSPS) is 11.2. The lowest BCUT2D eigenvalue weighted by Crippen LogP contribution is -2.07. The van der Waals surface area contributed by atoms with Gasteiger partial charge in [-0.3, -0.25) is 4.98 Å². The van der Waals surface area contributed by atoms with Gasteiger partial charge in [0, 0.05) is 5.69 Å². The van der Waals surface area contributed by atoms with Crippen LogP contribution >= 0.6 is 0 Å². The standard InChI is InChI=1S/C13H12N2O3S/c1-10-7-8-13(12(15-10)9-14-16)19(17,18)11-5-3-2-4-6-11/h2-8H,9H2,1H3. The Balaban J connectivity index is 2.61. The summed E-state index contributed by atoms with van der Waals surface area (Å²) in [4.78, 5) is 14.7. The Bertz CT molecular complexity index is 697. The van der Waals surface area contributed by atoms with Gasteiger partial charge in [0.05, 0.1) is 15.5 Å². The fraction of sp³-hybridized carbons (Fsp3) is 0.154. The van der Waals surface area contributed by atoms with Gasteiger partial charge < -0.3 is 0 Å². The number of hydrogen-bond donors (Lipinski definition) is 0. The number of nitrogens with zero attached hydrogens (tertiary/aromatic N) is 2. The second kappa shape index (κ2) is 5.27. The summed E-state index contributed by atoms with van der Waals surface area (Å²) in [5, 5.41) is 2.74. The molecule has 2 aromatic rings. The summed E-state index contributed by atoms with van der Waals surface area (Å²) >= 11 is 0. The fourth-order valence-corrected chi connectivity index (χ4v) is 3.18. The lowest BCUT2D eigenvalue weighted by atomic mass is 10.3. The number of rotatable bonds is 4. The number of nitroso groups, excluding NO2 is 1. The molecule has 1 heterocycles. The molecule has 5 nitrogen and oxygen atoms in total. The fourth-order valence-electron chi connectivity index (χ4n) is 1.74. The minimum Gasteiger partial charge on any atom is -0.255 e. The zero-order valence-corrected chi connectivity index (χ0v) is 11.1. The number of pyridine rings is 1. The van der Waals surface area contributed by atoms with Crippen LogP contribution in [-0.4, -0.2) is 13.4 Å². The largest absolute Gasteiger partial charge is 0.255 e. The first-order valence-corrected chi connectivity index (χ1v) is 7.10. The molecule has 0 unspecified atom stereocenters. The summed E-state index contributed by atoms with van der Waals surface area (Å²) in [6.45, 7) is 1.47. The topological polar surface area (TPSA) is 76.5 Å². The highest BCUT2D eigenvalue weighted by atomic mass is 32.2. The highest BCUT2D eigenvalue weighted by Crippen LogP contribution is 2.23. The summed E-state index contributed by atoms with van der Waals surface area (Å²) in [5.74, 6) is 0. The van der Waals surface area contributed by atoms with E-state index in [9.17, 15) is 13.3 Å². The van der Waals surface area contributed by atoms with Crippen LogP contribution in [0.3, 0.4) is 0 Å². The summed E-state index contributed by atoms with van der Waals surface area (Å²) in [6.07, 6.45) is 0. The SMILES string of the molecule is Cc1ccc(S(=O)(=O)c2ccccc2)c(CN=O)n1. The summed E-state index contributed by atoms with van der Waals surface area (Å²) in [6, 6.07) is 11.1. The van der Waals surface area contributed by atoms with Gasteiger partial charge >= 0.3 is 0 Å². The van der Waals surface area contributed by atoms with Crippen LogP contribution in [0.1, 0.15) is 11.4 Å². The van der Waals surface area contributed by atoms with Crippen LogP contribution in [0, 0.1) is 11.8 Å². The van der Waals surface area contributed by atoms with Crippen LogP contribution in [0.25, 0.3) is 0 Å². The van der Waals surface area contributed by atoms with E-state index in [4.69, 9.17) is 0 Å². The first kappa shape index (κ1) is 13.4. The maximum absolute atomic E-state index is 12.5. The van der Waals surface area contributed by atoms with Crippen LogP contribution in [0.5, 0.6) is 0 Å². The van der Waals surface area contributed by atoms with Gasteiger partial charge in [0.25, 0.3) is 0 Å². The van der Waals surface area contributed by atoms with Gasteiger partial charge in [-0.25, -0.2) is 8.42 Å². The Morgan fingerprint density at radius 2 is 1.79 bits per heavy atom. The van der Waals surface area contributed by atoms with Crippen molar-refractivity contribution in [3.63, 3.8) is 0 Å². The molecule has 0 radical (unpaired) electrons. The van der Waals surface area contributed by atoms with E-state index in [1.165, 1.54) is 18.2 Å². The van der Waals surface area contributed by atoms with Gasteiger partial charge in [0.15, 0.2) is 0 Å². The van der Waals surface area contributed by atoms with E-state index < -0.39 is 9.84 Å². The van der Waals surface area contributed by atoms with Crippen LogP contribution in [-0.2, 0) is 16.4 Å². The summed E-state index contributed by atoms with van der Waals surface area (Å²) in [7, 11) is -3.67. The van der Waals surface area contributed by atoms with Crippen molar-refractivity contribution in [3.8, 4) is 0 Å². The quantitative estimate of drug-likeness (QED) is 0.804. The Hall–Kier alpha value is -2.08. The molecule has 98 valence electrons. The zero-order chi connectivity index (χ0) is 13.9. The van der Waals surface area contributed by atoms with E-state index >= 15 is 0 Å². The van der Waals surface area contributed by atoms with Crippen LogP contribution in [0.15, 0.2) is 57.4 Å². The number of sulfone groups is 1. The third-order valence-corrected chi connectivity index (χ3v) is 4.47. The first-order valence-electron chi connectivity index (χ1n) is 5.61. The molecular weight excluding hydrogens is 264 g/mol. The second-order valence-corrected chi connectivity index (χ2v) is 5.92. The van der Waals surface area contributed by atoms with Crippen LogP contribution < -0.4 is 0 Å². The Morgan fingerprint density at radius 1 is 1.11 bits per heavy atom. The highest BCUT2D eigenvalue weighted by molar-refractivity contribution is 7.91. The molecule has 0 aliphatic carbocycles. The number of benzene rings is 1. The van der Waals surface area contributed by atoms with Crippen LogP contribution in [0.4, 0.5) is 0 Å². The Labute approximate surface area is 111 Å². The van der Waals surface area contributed by atoms with E-state index in [2.05, 4.69) is 10.2 Å². The van der Waals surface area contributed by atoms with Crippen molar-refractivity contribution in [1.29, 1.82) is 0 Å². The van der Waals surface area contributed by atoms with Crippen molar-refractivity contribution in [2.45, 2.75) is 23.3 Å². The van der Waals surface area contributed by atoms with Crippen LogP contribution in [0.2, 0.25) is 0 Å². The van der Waals surface area contributed by atoms with E-state index in [0.717, 1.165) is 0 Å². The van der Waals surface area contributed by atoms with Crippen molar-refractivity contribution in [1.82, 2.24) is 4.98 Å². The smallest absolute Gasteiger partial charge is 0.208 e. The number of aromatic nitrogens is 1. The maximum Gasteiger partial charge on any atom is 0.208 e. The van der Waals surface area contributed by atoms with Crippen molar-refractivity contribution < 1.29 is 8.42 Å². The third-order valence-electron chi connectivity index (χ3n) is 2.63. The molecule has 0 amide bonds. The van der Waals surface area contributed by atoms with Gasteiger partial charge in [-0.05, 0) is 31.2 Å². The summed E-state index contributed by atoms with van der Waals surface area (Å²) < 4.78 is 24.9. The first-order chi connectivity index (χ1) is 9.05. The molecule has 0 fully saturated rings. The average Bonchev–Trinajstić information content (AvgIpc) is 2.40. The highest BCUT2D eigenvalue weighted by Gasteiger charge is 2.22. The minimum atomic E-state index is -3.67. The summed E-state index contributed by atoms with van der Waals surface area (Å²) in [5.41, 5.74) is 0.824. The van der Waals surface area contributed by atoms with Crippen molar-refractivity contribution in [2.75, 3.05) is 0 Å². The minimum absolute atomic E-state index is 0.0314. The zero-order valence-electron chi connectivity index (χ0n) is 10.3. The van der Waals surface area contributed by atoms with Gasteiger partial charge in [-0.1, -0.05) is 23.4 Å². The van der Waals surface area contributed by atoms with Crippen molar-refractivity contribution >= 4 is 9.84 Å². The molecule has 0 spiro atoms. The molecule has 19 heavy (non-hydrogen) atoms. The van der Waals surface area contributed by atoms with Crippen molar-refractivity contribution in [3.05, 3.63) is 58.8 Å². The average molecular weight is 276 g/mol. The molecule has 0 atom stereocenters. The Kier molecular flexibility index (Phi) is 3.71. The molecule has 0 aliphatic heterocycles. The van der Waals surface area contributed by atoms with Gasteiger partial charge in [-0.15, -0.1) is 0 Å². The lowest BCUT2D eigenvalue weighted by molar-refractivity contribution is 0.594. The van der Waals surface area contributed by atoms with E-state index in [-0.39, 0.29) is 22.0 Å². The van der Waals surface area contributed by atoms with E-state index in [1.807, 2.05) is 0 Å². The molecule has 0 N–H and O–H groups in total. The Morgan fingerprint density at radius 3 is 2.42 bits per heavy atom. The van der Waals surface area contributed by atoms with E-state index in [1.54, 1.807) is 31.2 Å². The predicted molar refractivity (Wildman–Crippen MR) is 70.4 cm³/mol. The molecule has 0 saturated carbocycles. The maximum atomic E-state index is 12.5. The number of aryl methyl sites for hydroxylation is 1. The van der Waals surface area contributed by atoms with Crippen molar-refractivity contribution in [2.24, 2.45) is 5.18 Å². The molecule has 0 bridgehead atoms.